The third-order valence-electron chi connectivity index (χ3n) is 5.74. The Hall–Kier alpha value is -3.12. The van der Waals surface area contributed by atoms with E-state index in [0.29, 0.717) is 0 Å². The molecule has 0 heterocycles. The molecule has 1 unspecified atom stereocenters. The molecule has 1 atom stereocenters. The summed E-state index contributed by atoms with van der Waals surface area (Å²) in [6, 6.07) is 17.5. The Labute approximate surface area is 162 Å². The van der Waals surface area contributed by atoms with E-state index < -0.39 is 0 Å². The van der Waals surface area contributed by atoms with Crippen LogP contribution in [0.15, 0.2) is 109 Å². The fourth-order valence-corrected chi connectivity index (χ4v) is 4.90. The molecule has 0 saturated carbocycles. The average Bonchev–Trinajstić information content (AvgIpc) is 3.14. The van der Waals surface area contributed by atoms with Crippen LogP contribution in [0.1, 0.15) is 36.1 Å². The van der Waals surface area contributed by atoms with Crippen molar-refractivity contribution in [3.05, 3.63) is 132 Å². The Morgan fingerprint density at radius 2 is 1.48 bits per heavy atom. The lowest BCUT2D eigenvalue weighted by Crippen LogP contribution is -2.26. The van der Waals surface area contributed by atoms with Gasteiger partial charge in [-0.3, -0.25) is 0 Å². The van der Waals surface area contributed by atoms with E-state index >= 15 is 0 Å². The Morgan fingerprint density at radius 1 is 0.852 bits per heavy atom. The molecular weight excluding hydrogens is 324 g/mol. The molecule has 0 fully saturated rings. The van der Waals surface area contributed by atoms with Gasteiger partial charge in [-0.05, 0) is 58.4 Å². The van der Waals surface area contributed by atoms with Gasteiger partial charge in [0.1, 0.15) is 0 Å². The lowest BCUT2D eigenvalue weighted by molar-refractivity contribution is 0.786. The van der Waals surface area contributed by atoms with Crippen LogP contribution in [0, 0.1) is 0 Å². The summed E-state index contributed by atoms with van der Waals surface area (Å²) in [7, 11) is 0. The molecule has 27 heavy (non-hydrogen) atoms. The fourth-order valence-electron chi connectivity index (χ4n) is 4.90. The predicted molar refractivity (Wildman–Crippen MR) is 118 cm³/mol. The topological polar surface area (TPSA) is 0 Å². The number of rotatable bonds is 3. The Kier molecular flexibility index (Phi) is 4.20. The van der Waals surface area contributed by atoms with Gasteiger partial charge in [-0.25, -0.2) is 0 Å². The van der Waals surface area contributed by atoms with Gasteiger partial charge in [0.05, 0.1) is 5.41 Å². The minimum absolute atomic E-state index is 0.320. The standard InChI is InChI=1S/C27H24/c1-5-13-23-19(7-3)21-15-9-11-17-25(21)27(23)24(14-6-2)20(8-4)22-16-10-12-18-26(22)27/h5-18H,1,4H2,2-3H3/b14-6-,19-7-,23-13+. The number of allylic oxidation sites excluding steroid dienone is 10. The molecule has 0 radical (unpaired) electrons. The molecule has 0 saturated heterocycles. The summed E-state index contributed by atoms with van der Waals surface area (Å²) in [5.74, 6) is 0. The van der Waals surface area contributed by atoms with E-state index in [0.717, 1.165) is 0 Å². The number of fused-ring (bicyclic) bond motifs is 4. The molecule has 1 spiro atoms. The quantitative estimate of drug-likeness (QED) is 0.558. The molecule has 2 aliphatic carbocycles. The van der Waals surface area contributed by atoms with Crippen LogP contribution in [0.5, 0.6) is 0 Å². The second-order valence-electron chi connectivity index (χ2n) is 6.89. The first-order valence-corrected chi connectivity index (χ1v) is 9.45. The summed E-state index contributed by atoms with van der Waals surface area (Å²) in [4.78, 5) is 0. The largest absolute Gasteiger partial charge is 0.0991 e. The summed E-state index contributed by atoms with van der Waals surface area (Å²) in [5, 5.41) is 0. The van der Waals surface area contributed by atoms with Crippen molar-refractivity contribution in [3.8, 4) is 0 Å². The predicted octanol–water partition coefficient (Wildman–Crippen LogP) is 7.03. The van der Waals surface area contributed by atoms with E-state index in [1.54, 1.807) is 0 Å². The van der Waals surface area contributed by atoms with Crippen molar-refractivity contribution < 1.29 is 0 Å². The SMILES string of the molecule is C=C/C=C1\C(=C/C)c2ccccc2C12C(/C=C\C)=C(C=C)c1ccccc12. The maximum atomic E-state index is 4.15. The first-order valence-electron chi connectivity index (χ1n) is 9.45. The molecule has 0 heteroatoms. The monoisotopic (exact) mass is 348 g/mol. The molecule has 2 aromatic carbocycles. The number of hydrogen-bond acceptors (Lipinski definition) is 0. The van der Waals surface area contributed by atoms with Gasteiger partial charge in [-0.2, -0.15) is 0 Å². The minimum Gasteiger partial charge on any atom is -0.0991 e. The van der Waals surface area contributed by atoms with Gasteiger partial charge in [-0.15, -0.1) is 0 Å². The number of hydrogen-bond donors (Lipinski definition) is 0. The highest BCUT2D eigenvalue weighted by Gasteiger charge is 2.52. The summed E-state index contributed by atoms with van der Waals surface area (Å²) >= 11 is 0. The van der Waals surface area contributed by atoms with Gasteiger partial charge < -0.3 is 0 Å². The van der Waals surface area contributed by atoms with Crippen LogP contribution < -0.4 is 0 Å². The van der Waals surface area contributed by atoms with Crippen LogP contribution in [0.25, 0.3) is 11.1 Å². The van der Waals surface area contributed by atoms with Crippen LogP contribution in [0.4, 0.5) is 0 Å². The van der Waals surface area contributed by atoms with E-state index in [9.17, 15) is 0 Å². The van der Waals surface area contributed by atoms with E-state index in [1.165, 1.54) is 44.5 Å². The molecule has 132 valence electrons. The lowest BCUT2D eigenvalue weighted by Gasteiger charge is -2.32. The van der Waals surface area contributed by atoms with Crippen LogP contribution in [-0.2, 0) is 5.41 Å². The van der Waals surface area contributed by atoms with Gasteiger partial charge in [0.15, 0.2) is 0 Å². The average molecular weight is 348 g/mol. The Morgan fingerprint density at radius 3 is 2.07 bits per heavy atom. The van der Waals surface area contributed by atoms with Gasteiger partial charge in [0.2, 0.25) is 0 Å². The van der Waals surface area contributed by atoms with Gasteiger partial charge in [0.25, 0.3) is 0 Å². The van der Waals surface area contributed by atoms with Crippen molar-refractivity contribution in [2.45, 2.75) is 19.3 Å². The first-order chi connectivity index (χ1) is 13.2. The van der Waals surface area contributed by atoms with Crippen LogP contribution in [0.3, 0.4) is 0 Å². The third kappa shape index (κ3) is 2.10. The normalized spacial score (nSPS) is 23.5. The maximum absolute atomic E-state index is 4.15. The third-order valence-corrected chi connectivity index (χ3v) is 5.74. The molecular formula is C27H24. The van der Waals surface area contributed by atoms with Crippen molar-refractivity contribution in [2.24, 2.45) is 0 Å². The zero-order valence-corrected chi connectivity index (χ0v) is 16.0. The van der Waals surface area contributed by atoms with Gasteiger partial charge >= 0.3 is 0 Å². The molecule has 4 rings (SSSR count). The van der Waals surface area contributed by atoms with Crippen molar-refractivity contribution in [1.29, 1.82) is 0 Å². The minimum atomic E-state index is -0.320. The van der Waals surface area contributed by atoms with Crippen LogP contribution in [-0.4, -0.2) is 0 Å². The molecule has 0 N–H and O–H groups in total. The smallest absolute Gasteiger partial charge is 0.0725 e. The highest BCUT2D eigenvalue weighted by atomic mass is 14.5. The maximum Gasteiger partial charge on any atom is 0.0725 e. The molecule has 2 aliphatic rings. The molecule has 0 aliphatic heterocycles. The first kappa shape index (κ1) is 17.3. The molecule has 0 amide bonds. The second kappa shape index (κ2) is 6.55. The number of benzene rings is 2. The van der Waals surface area contributed by atoms with Crippen molar-refractivity contribution in [2.75, 3.05) is 0 Å². The van der Waals surface area contributed by atoms with Gasteiger partial charge in [0, 0.05) is 0 Å². The van der Waals surface area contributed by atoms with Crippen molar-refractivity contribution in [3.63, 3.8) is 0 Å². The fraction of sp³-hybridized carbons (Fsp3) is 0.111. The van der Waals surface area contributed by atoms with Gasteiger partial charge in [-0.1, -0.05) is 98.1 Å². The second-order valence-corrected chi connectivity index (χ2v) is 6.89. The van der Waals surface area contributed by atoms with Crippen LogP contribution in [0.2, 0.25) is 0 Å². The van der Waals surface area contributed by atoms with Crippen molar-refractivity contribution >= 4 is 11.1 Å². The van der Waals surface area contributed by atoms with Crippen LogP contribution >= 0.6 is 0 Å². The summed E-state index contributed by atoms with van der Waals surface area (Å²) in [6.45, 7) is 12.4. The summed E-state index contributed by atoms with van der Waals surface area (Å²) in [5.41, 5.74) is 9.99. The zero-order valence-electron chi connectivity index (χ0n) is 16.0. The van der Waals surface area contributed by atoms with E-state index in [1.807, 2.05) is 12.2 Å². The molecule has 0 bridgehead atoms. The molecule has 0 aromatic heterocycles. The highest BCUT2D eigenvalue weighted by molar-refractivity contribution is 6.01. The Balaban J connectivity index is 2.26. The molecule has 2 aromatic rings. The van der Waals surface area contributed by atoms with E-state index in [-0.39, 0.29) is 5.41 Å². The Bertz CT molecular complexity index is 1070. The summed E-state index contributed by atoms with van der Waals surface area (Å²) < 4.78 is 0. The highest BCUT2D eigenvalue weighted by Crippen LogP contribution is 2.63. The summed E-state index contributed by atoms with van der Waals surface area (Å²) in [6.07, 6.45) is 12.7. The van der Waals surface area contributed by atoms with E-state index in [4.69, 9.17) is 0 Å². The lowest BCUT2D eigenvalue weighted by atomic mass is 9.69. The zero-order chi connectivity index (χ0) is 19.0. The van der Waals surface area contributed by atoms with E-state index in [2.05, 4.69) is 99.8 Å². The van der Waals surface area contributed by atoms with Crippen molar-refractivity contribution in [1.82, 2.24) is 0 Å². The molecule has 0 nitrogen and oxygen atoms in total.